The fourth-order valence-electron chi connectivity index (χ4n) is 3.42. The monoisotopic (exact) mass is 533 g/mol. The normalized spacial score (nSPS) is 12.2. The number of ether oxygens (including phenoxy) is 2. The lowest BCUT2D eigenvalue weighted by Crippen LogP contribution is -2.27. The van der Waals surface area contributed by atoms with Crippen LogP contribution in [0.2, 0.25) is 0 Å². The molecule has 2 aromatic carbocycles. The molecule has 0 saturated heterocycles. The number of likely N-dealkylation sites (N-methyl/N-ethyl adjacent to an activating group) is 1. The van der Waals surface area contributed by atoms with E-state index >= 15 is 0 Å². The molecule has 12 heteroatoms. The van der Waals surface area contributed by atoms with Crippen LogP contribution in [-0.2, 0) is 22.1 Å². The van der Waals surface area contributed by atoms with Crippen LogP contribution in [-0.4, -0.2) is 73.0 Å². The number of hydrogen-bond donors (Lipinski definition) is 1. The SMILES string of the molecule is CCOC(Cc1ccc(OCCN(C)c2nc(-c3ccc(C(F)(F)F)cc3)nc(N(C)C)n2)cc1)C(=O)O. The molecule has 204 valence electrons. The summed E-state index contributed by atoms with van der Waals surface area (Å²) in [6.45, 7) is 2.77. The number of halogens is 3. The summed E-state index contributed by atoms with van der Waals surface area (Å²) in [5.41, 5.74) is 0.498. The molecule has 0 amide bonds. The zero-order chi connectivity index (χ0) is 27.9. The molecule has 3 aromatic rings. The highest BCUT2D eigenvalue weighted by Gasteiger charge is 2.30. The topological polar surface area (TPSA) is 101 Å². The lowest BCUT2D eigenvalue weighted by molar-refractivity contribution is -0.150. The summed E-state index contributed by atoms with van der Waals surface area (Å²) in [6.07, 6.45) is -5.08. The van der Waals surface area contributed by atoms with Crippen LogP contribution in [0.5, 0.6) is 5.75 Å². The van der Waals surface area contributed by atoms with Crippen molar-refractivity contribution >= 4 is 17.9 Å². The van der Waals surface area contributed by atoms with Gasteiger partial charge in [0.1, 0.15) is 12.4 Å². The number of nitrogens with zero attached hydrogens (tertiary/aromatic N) is 5. The average Bonchev–Trinajstić information content (AvgIpc) is 2.88. The molecule has 0 saturated carbocycles. The number of benzene rings is 2. The van der Waals surface area contributed by atoms with Gasteiger partial charge in [-0.2, -0.15) is 28.1 Å². The predicted molar refractivity (Wildman–Crippen MR) is 137 cm³/mol. The number of anilines is 2. The molecule has 9 nitrogen and oxygen atoms in total. The second-order valence-corrected chi connectivity index (χ2v) is 8.63. The Balaban J connectivity index is 1.66. The van der Waals surface area contributed by atoms with Crippen molar-refractivity contribution in [2.75, 3.05) is 50.7 Å². The van der Waals surface area contributed by atoms with Gasteiger partial charge in [0.2, 0.25) is 11.9 Å². The maximum atomic E-state index is 12.9. The Kier molecular flexibility index (Phi) is 9.45. The van der Waals surface area contributed by atoms with E-state index in [0.717, 1.165) is 17.7 Å². The van der Waals surface area contributed by atoms with Crippen molar-refractivity contribution in [1.29, 1.82) is 0 Å². The summed E-state index contributed by atoms with van der Waals surface area (Å²) in [5.74, 6) is 0.559. The van der Waals surface area contributed by atoms with Crippen molar-refractivity contribution in [1.82, 2.24) is 15.0 Å². The number of alkyl halides is 3. The van der Waals surface area contributed by atoms with Gasteiger partial charge in [-0.05, 0) is 36.8 Å². The second-order valence-electron chi connectivity index (χ2n) is 8.63. The Labute approximate surface area is 218 Å². The van der Waals surface area contributed by atoms with Crippen LogP contribution in [0.1, 0.15) is 18.1 Å². The Morgan fingerprint density at radius 3 is 2.16 bits per heavy atom. The summed E-state index contributed by atoms with van der Waals surface area (Å²) in [7, 11) is 5.29. The van der Waals surface area contributed by atoms with Crippen LogP contribution < -0.4 is 14.5 Å². The van der Waals surface area contributed by atoms with Crippen molar-refractivity contribution in [3.05, 3.63) is 59.7 Å². The van der Waals surface area contributed by atoms with Gasteiger partial charge in [-0.25, -0.2) is 4.79 Å². The Morgan fingerprint density at radius 1 is 0.974 bits per heavy atom. The van der Waals surface area contributed by atoms with E-state index in [1.54, 1.807) is 62.1 Å². The standard InChI is InChI=1S/C26H30F3N5O4/c1-5-37-21(23(35)36)16-17-6-12-20(13-7-17)38-15-14-34(4)25-31-22(30-24(32-25)33(2)3)18-8-10-19(11-9-18)26(27,28)29/h6-13,21H,5,14-16H2,1-4H3,(H,35,36). The number of carboxylic acid groups (broad SMARTS) is 1. The van der Waals surface area contributed by atoms with Gasteiger partial charge < -0.3 is 24.4 Å². The van der Waals surface area contributed by atoms with Gasteiger partial charge in [0, 0.05) is 39.7 Å². The van der Waals surface area contributed by atoms with Crippen LogP contribution in [0.4, 0.5) is 25.1 Å². The van der Waals surface area contributed by atoms with Crippen molar-refractivity contribution in [2.24, 2.45) is 0 Å². The van der Waals surface area contributed by atoms with Crippen molar-refractivity contribution in [3.8, 4) is 17.1 Å². The van der Waals surface area contributed by atoms with Crippen LogP contribution in [0.3, 0.4) is 0 Å². The van der Waals surface area contributed by atoms with Gasteiger partial charge in [0.05, 0.1) is 12.1 Å². The van der Waals surface area contributed by atoms with Crippen molar-refractivity contribution in [2.45, 2.75) is 25.6 Å². The minimum absolute atomic E-state index is 0.251. The van der Waals surface area contributed by atoms with E-state index in [1.807, 2.05) is 0 Å². The van der Waals surface area contributed by atoms with Crippen LogP contribution in [0, 0.1) is 0 Å². The van der Waals surface area contributed by atoms with Crippen LogP contribution in [0.25, 0.3) is 11.4 Å². The van der Waals surface area contributed by atoms with Gasteiger partial charge in [-0.15, -0.1) is 0 Å². The quantitative estimate of drug-likeness (QED) is 0.368. The first-order valence-corrected chi connectivity index (χ1v) is 11.9. The molecule has 1 atom stereocenters. The van der Waals surface area contributed by atoms with E-state index in [2.05, 4.69) is 15.0 Å². The van der Waals surface area contributed by atoms with E-state index in [1.165, 1.54) is 12.1 Å². The zero-order valence-corrected chi connectivity index (χ0v) is 21.6. The number of carboxylic acids is 1. The zero-order valence-electron chi connectivity index (χ0n) is 21.6. The minimum Gasteiger partial charge on any atom is -0.492 e. The molecule has 0 radical (unpaired) electrons. The largest absolute Gasteiger partial charge is 0.492 e. The summed E-state index contributed by atoms with van der Waals surface area (Å²) in [6, 6.07) is 11.8. The van der Waals surface area contributed by atoms with Crippen LogP contribution >= 0.6 is 0 Å². The Hall–Kier alpha value is -3.93. The maximum absolute atomic E-state index is 12.9. The lowest BCUT2D eigenvalue weighted by Gasteiger charge is -2.20. The molecule has 1 heterocycles. The molecule has 0 bridgehead atoms. The summed E-state index contributed by atoms with van der Waals surface area (Å²) < 4.78 is 49.9. The summed E-state index contributed by atoms with van der Waals surface area (Å²) in [5, 5.41) is 9.24. The van der Waals surface area contributed by atoms with E-state index < -0.39 is 23.8 Å². The number of hydrogen-bond acceptors (Lipinski definition) is 8. The molecule has 1 N–H and O–H groups in total. The van der Waals surface area contributed by atoms with E-state index in [-0.39, 0.29) is 12.2 Å². The summed E-state index contributed by atoms with van der Waals surface area (Å²) >= 11 is 0. The number of carbonyl (C=O) groups is 1. The highest BCUT2D eigenvalue weighted by Crippen LogP contribution is 2.30. The first-order valence-electron chi connectivity index (χ1n) is 11.9. The molecule has 1 aromatic heterocycles. The predicted octanol–water partition coefficient (Wildman–Crippen LogP) is 4.17. The molecular formula is C26H30F3N5O4. The maximum Gasteiger partial charge on any atom is 0.416 e. The third-order valence-electron chi connectivity index (χ3n) is 5.51. The average molecular weight is 534 g/mol. The van der Waals surface area contributed by atoms with Gasteiger partial charge >= 0.3 is 12.1 Å². The van der Waals surface area contributed by atoms with Gasteiger partial charge in [0.15, 0.2) is 11.9 Å². The Morgan fingerprint density at radius 2 is 1.61 bits per heavy atom. The number of aliphatic carboxylic acids is 1. The number of aromatic nitrogens is 3. The minimum atomic E-state index is -4.43. The van der Waals surface area contributed by atoms with Crippen molar-refractivity contribution < 1.29 is 32.5 Å². The summed E-state index contributed by atoms with van der Waals surface area (Å²) in [4.78, 5) is 28.0. The number of rotatable bonds is 12. The van der Waals surface area contributed by atoms with E-state index in [4.69, 9.17) is 9.47 Å². The molecule has 1 unspecified atom stereocenters. The van der Waals surface area contributed by atoms with Crippen molar-refractivity contribution in [3.63, 3.8) is 0 Å². The molecular weight excluding hydrogens is 503 g/mol. The molecule has 0 aliphatic carbocycles. The molecule has 0 aliphatic heterocycles. The first-order chi connectivity index (χ1) is 18.0. The molecule has 3 rings (SSSR count). The highest BCUT2D eigenvalue weighted by molar-refractivity contribution is 5.72. The molecule has 0 fully saturated rings. The highest BCUT2D eigenvalue weighted by atomic mass is 19.4. The van der Waals surface area contributed by atoms with Gasteiger partial charge in [0.25, 0.3) is 0 Å². The van der Waals surface area contributed by atoms with Gasteiger partial charge in [-0.3, -0.25) is 0 Å². The van der Waals surface area contributed by atoms with E-state index in [9.17, 15) is 23.1 Å². The fourth-order valence-corrected chi connectivity index (χ4v) is 3.42. The molecule has 0 spiro atoms. The fraction of sp³-hybridized carbons (Fsp3) is 0.385. The molecule has 0 aliphatic rings. The smallest absolute Gasteiger partial charge is 0.416 e. The van der Waals surface area contributed by atoms with E-state index in [0.29, 0.717) is 43.0 Å². The van der Waals surface area contributed by atoms with Crippen LogP contribution in [0.15, 0.2) is 48.5 Å². The lowest BCUT2D eigenvalue weighted by atomic mass is 10.1. The first kappa shape index (κ1) is 28.6. The third kappa shape index (κ3) is 7.78. The Bertz CT molecular complexity index is 1210. The molecule has 38 heavy (non-hydrogen) atoms. The third-order valence-corrected chi connectivity index (χ3v) is 5.51. The van der Waals surface area contributed by atoms with Gasteiger partial charge in [-0.1, -0.05) is 24.3 Å². The second kappa shape index (κ2) is 12.5.